The molecular formula is C68H77BN2. The molecular weight excluding hydrogens is 856 g/mol. The van der Waals surface area contributed by atoms with Crippen LogP contribution in [0.2, 0.25) is 0 Å². The van der Waals surface area contributed by atoms with E-state index in [4.69, 9.17) is 0 Å². The lowest BCUT2D eigenvalue weighted by molar-refractivity contribution is 0.403. The van der Waals surface area contributed by atoms with Crippen molar-refractivity contribution in [2.45, 2.75) is 169 Å². The first-order chi connectivity index (χ1) is 33.0. The second-order valence-corrected chi connectivity index (χ2v) is 27.5. The first-order valence-corrected chi connectivity index (χ1v) is 26.6. The van der Waals surface area contributed by atoms with E-state index in [0.29, 0.717) is 0 Å². The Morgan fingerprint density at radius 1 is 0.394 bits per heavy atom. The molecule has 71 heavy (non-hydrogen) atoms. The average Bonchev–Trinajstić information content (AvgIpc) is 3.48. The summed E-state index contributed by atoms with van der Waals surface area (Å²) in [6, 6.07) is 50.8. The van der Waals surface area contributed by atoms with Crippen LogP contribution in [0.25, 0.3) is 11.1 Å². The zero-order chi connectivity index (χ0) is 50.9. The molecule has 0 atom stereocenters. The lowest BCUT2D eigenvalue weighted by Crippen LogP contribution is -2.62. The quantitative estimate of drug-likeness (QED) is 0.163. The Morgan fingerprint density at radius 3 is 1.42 bits per heavy atom. The normalized spacial score (nSPS) is 17.7. The Balaban J connectivity index is 1.30. The highest BCUT2D eigenvalue weighted by Gasteiger charge is 2.50. The lowest BCUT2D eigenvalue weighted by Gasteiger charge is -2.47. The maximum atomic E-state index is 2.75. The van der Waals surface area contributed by atoms with Crippen LogP contribution >= 0.6 is 0 Å². The summed E-state index contributed by atoms with van der Waals surface area (Å²) in [7, 11) is 0. The Bertz CT molecular complexity index is 3360. The second kappa shape index (κ2) is 15.1. The first-order valence-electron chi connectivity index (χ1n) is 26.6. The van der Waals surface area contributed by atoms with Crippen molar-refractivity contribution in [2.24, 2.45) is 0 Å². The van der Waals surface area contributed by atoms with Crippen LogP contribution in [0.15, 0.2) is 127 Å². The van der Waals surface area contributed by atoms with Gasteiger partial charge in [0.25, 0.3) is 6.71 Å². The second-order valence-electron chi connectivity index (χ2n) is 27.5. The number of fused-ring (bicyclic) bond motifs is 7. The van der Waals surface area contributed by atoms with E-state index in [1.54, 1.807) is 0 Å². The topological polar surface area (TPSA) is 6.48 Å². The van der Waals surface area contributed by atoms with E-state index in [1.165, 1.54) is 117 Å². The lowest BCUT2D eigenvalue weighted by atomic mass is 9.33. The van der Waals surface area contributed by atoms with Crippen molar-refractivity contribution >= 4 is 57.2 Å². The highest BCUT2D eigenvalue weighted by Crippen LogP contribution is 2.56. The molecule has 0 saturated heterocycles. The molecule has 0 aromatic heterocycles. The van der Waals surface area contributed by atoms with Gasteiger partial charge in [0.2, 0.25) is 0 Å². The summed E-state index contributed by atoms with van der Waals surface area (Å²) in [6.07, 6.45) is 1.11. The molecule has 0 unspecified atom stereocenters. The van der Waals surface area contributed by atoms with Crippen LogP contribution in [-0.4, -0.2) is 6.71 Å². The molecule has 3 heteroatoms. The van der Waals surface area contributed by atoms with Crippen molar-refractivity contribution in [2.75, 3.05) is 9.80 Å². The molecule has 7 aromatic carbocycles. The van der Waals surface area contributed by atoms with Crippen LogP contribution < -0.4 is 26.2 Å². The summed E-state index contributed by atoms with van der Waals surface area (Å²) in [4.78, 5) is 5.42. The Hall–Kier alpha value is -5.80. The van der Waals surface area contributed by atoms with E-state index < -0.39 is 0 Å². The minimum Gasteiger partial charge on any atom is -0.311 e. The molecule has 2 nitrogen and oxygen atoms in total. The van der Waals surface area contributed by atoms with Crippen molar-refractivity contribution < 1.29 is 0 Å². The zero-order valence-electron chi connectivity index (χ0n) is 46.3. The number of hydrogen-bond acceptors (Lipinski definition) is 2. The number of rotatable bonds is 3. The molecule has 0 amide bonds. The monoisotopic (exact) mass is 933 g/mol. The highest BCUT2D eigenvalue weighted by molar-refractivity contribution is 7.00. The van der Waals surface area contributed by atoms with Crippen LogP contribution in [-0.2, 0) is 37.9 Å². The van der Waals surface area contributed by atoms with Crippen LogP contribution in [0.1, 0.15) is 180 Å². The van der Waals surface area contributed by atoms with E-state index >= 15 is 0 Å². The summed E-state index contributed by atoms with van der Waals surface area (Å²) in [5.41, 5.74) is 27.8. The van der Waals surface area contributed by atoms with Gasteiger partial charge in [0, 0.05) is 44.8 Å². The molecule has 0 spiro atoms. The SMILES string of the molecule is Cc1cc2c(cc1N1c3cc4c(cc3B3c5cc(C(C)(C)C)ccc5N(c5ccc(C(C)(C)C)cc5-c5ccccc5)c5cc(C(C)(C)C)cc1c53)C(C)(C)CC4(C)C)C(C)(C)c1ccccc1C2(C)C. The summed E-state index contributed by atoms with van der Waals surface area (Å²) in [6.45, 7) is 43.4. The average molecular weight is 933 g/mol. The van der Waals surface area contributed by atoms with Gasteiger partial charge in [-0.15, -0.1) is 0 Å². The van der Waals surface area contributed by atoms with Crippen LogP contribution in [0.5, 0.6) is 0 Å². The predicted octanol–water partition coefficient (Wildman–Crippen LogP) is 16.6. The van der Waals surface area contributed by atoms with Crippen LogP contribution in [0.3, 0.4) is 0 Å². The Kier molecular flexibility index (Phi) is 10.1. The van der Waals surface area contributed by atoms with E-state index in [-0.39, 0.29) is 44.6 Å². The van der Waals surface area contributed by atoms with Gasteiger partial charge >= 0.3 is 0 Å². The third kappa shape index (κ3) is 7.09. The summed E-state index contributed by atoms with van der Waals surface area (Å²) in [5.74, 6) is 0. The maximum Gasteiger partial charge on any atom is 0.252 e. The fourth-order valence-electron chi connectivity index (χ4n) is 13.8. The zero-order valence-corrected chi connectivity index (χ0v) is 46.3. The highest BCUT2D eigenvalue weighted by atomic mass is 15.2. The maximum absolute atomic E-state index is 2.75. The van der Waals surface area contributed by atoms with Crippen molar-refractivity contribution in [3.05, 3.63) is 183 Å². The molecule has 7 aromatic rings. The van der Waals surface area contributed by atoms with E-state index in [2.05, 4.69) is 262 Å². The number of hydrogen-bond donors (Lipinski definition) is 0. The summed E-state index contributed by atoms with van der Waals surface area (Å²) in [5, 5.41) is 0. The van der Waals surface area contributed by atoms with Crippen LogP contribution in [0, 0.1) is 6.92 Å². The minimum absolute atomic E-state index is 0.00726. The molecule has 4 aliphatic rings. The molecule has 2 aliphatic carbocycles. The van der Waals surface area contributed by atoms with Gasteiger partial charge in [-0.05, 0) is 160 Å². The molecule has 0 N–H and O–H groups in total. The predicted molar refractivity (Wildman–Crippen MR) is 308 cm³/mol. The third-order valence-electron chi connectivity index (χ3n) is 17.7. The van der Waals surface area contributed by atoms with Crippen molar-refractivity contribution in [3.8, 4) is 11.1 Å². The van der Waals surface area contributed by atoms with Gasteiger partial charge < -0.3 is 9.80 Å². The molecule has 0 bridgehead atoms. The Morgan fingerprint density at radius 2 is 0.859 bits per heavy atom. The summed E-state index contributed by atoms with van der Waals surface area (Å²) >= 11 is 0. The fraction of sp³-hybridized carbons (Fsp3) is 0.382. The summed E-state index contributed by atoms with van der Waals surface area (Å²) < 4.78 is 0. The first kappa shape index (κ1) is 47.5. The standard InChI is InChI=1S/C68H77BN2/c1-41-32-51-52(68(17,18)48-27-23-22-26-47(48)67(51,15)16)39-57(41)71-58-38-50-49(65(11,12)40-66(50,13)14)37-54(58)69-53-34-44(63(5,6)7)29-31-56(53)70(59-35-45(64(8,9)10)36-60(71)61(59)69)55-30-28-43(62(2,3)4)33-46(55)42-24-20-19-21-25-42/h19-39H,40H2,1-18H3. The molecule has 0 radical (unpaired) electrons. The number of anilines is 6. The fourth-order valence-corrected chi connectivity index (χ4v) is 13.8. The Labute approximate surface area is 428 Å². The van der Waals surface area contributed by atoms with Gasteiger partial charge in [-0.3, -0.25) is 0 Å². The van der Waals surface area contributed by atoms with E-state index in [0.717, 1.165) is 6.42 Å². The number of aryl methyl sites for hydroxylation is 1. The number of nitrogens with zero attached hydrogens (tertiary/aromatic N) is 2. The molecule has 0 fully saturated rings. The largest absolute Gasteiger partial charge is 0.311 e. The van der Waals surface area contributed by atoms with Crippen LogP contribution in [0.4, 0.5) is 34.1 Å². The molecule has 2 heterocycles. The van der Waals surface area contributed by atoms with Crippen molar-refractivity contribution in [3.63, 3.8) is 0 Å². The molecule has 2 aliphatic heterocycles. The van der Waals surface area contributed by atoms with Gasteiger partial charge in [0.05, 0.1) is 5.69 Å². The van der Waals surface area contributed by atoms with Crippen molar-refractivity contribution in [1.29, 1.82) is 0 Å². The van der Waals surface area contributed by atoms with Gasteiger partial charge in [-0.1, -0.05) is 203 Å². The van der Waals surface area contributed by atoms with Gasteiger partial charge in [0.1, 0.15) is 0 Å². The molecule has 11 rings (SSSR count). The number of benzene rings is 7. The van der Waals surface area contributed by atoms with Crippen molar-refractivity contribution in [1.82, 2.24) is 0 Å². The smallest absolute Gasteiger partial charge is 0.252 e. The molecule has 362 valence electrons. The van der Waals surface area contributed by atoms with Gasteiger partial charge in [-0.2, -0.15) is 0 Å². The third-order valence-corrected chi connectivity index (χ3v) is 17.7. The van der Waals surface area contributed by atoms with E-state index in [1.807, 2.05) is 0 Å². The molecule has 0 saturated carbocycles. The van der Waals surface area contributed by atoms with Gasteiger partial charge in [0.15, 0.2) is 0 Å². The minimum atomic E-state index is -0.201. The van der Waals surface area contributed by atoms with Gasteiger partial charge in [-0.25, -0.2) is 0 Å². The van der Waals surface area contributed by atoms with E-state index in [9.17, 15) is 0 Å².